The minimum absolute atomic E-state index is 0.113. The topological polar surface area (TPSA) is 44.8 Å². The molecule has 0 rings (SSSR count). The zero-order chi connectivity index (χ0) is 24.2. The van der Waals surface area contributed by atoms with Crippen LogP contribution >= 0.6 is 0 Å². The van der Waals surface area contributed by atoms with Gasteiger partial charge in [0.25, 0.3) is 0 Å². The first-order chi connectivity index (χ1) is 16.2. The van der Waals surface area contributed by atoms with Crippen LogP contribution < -0.4 is 0 Å². The minimum atomic E-state index is -0.151. The van der Waals surface area contributed by atoms with Gasteiger partial charge in [-0.2, -0.15) is 0 Å². The highest BCUT2D eigenvalue weighted by atomic mass is 16.6. The quantitative estimate of drug-likeness (QED) is 0.0770. The van der Waals surface area contributed by atoms with Crippen molar-refractivity contribution < 1.29 is 19.0 Å². The van der Waals surface area contributed by atoms with Gasteiger partial charge in [0.2, 0.25) is 0 Å². The summed E-state index contributed by atoms with van der Waals surface area (Å²) in [6.45, 7) is 8.77. The Morgan fingerprint density at radius 3 is 1.97 bits per heavy atom. The first kappa shape index (κ1) is 31.9. The Kier molecular flexibility index (Phi) is 26.2. The lowest BCUT2D eigenvalue weighted by Gasteiger charge is -2.18. The second-order valence-electron chi connectivity index (χ2n) is 8.94. The highest BCUT2D eigenvalue weighted by Gasteiger charge is 2.13. The van der Waals surface area contributed by atoms with E-state index in [-0.39, 0.29) is 12.1 Å². The van der Waals surface area contributed by atoms with Crippen LogP contribution in [0.1, 0.15) is 124 Å². The van der Waals surface area contributed by atoms with Gasteiger partial charge in [0.1, 0.15) is 12.7 Å². The van der Waals surface area contributed by atoms with Gasteiger partial charge in [-0.1, -0.05) is 90.0 Å². The van der Waals surface area contributed by atoms with Crippen LogP contribution in [-0.4, -0.2) is 38.5 Å². The Morgan fingerprint density at radius 2 is 1.27 bits per heavy atom. The molecule has 33 heavy (non-hydrogen) atoms. The standard InChI is InChI=1S/C29H54O4/c1-4-7-10-11-12-13-14-15-16-17-18-19-20-21-22-23-29(30)33-27-28(32-25-9-6-3)26-31-24-8-5-2/h12-13,15-16,28H,4-11,14,17-27H2,1-3H3. The van der Waals surface area contributed by atoms with Crippen molar-refractivity contribution in [3.8, 4) is 0 Å². The SMILES string of the molecule is CCCCCC=CCC=CCCCCCCCC(=O)OCC(COCCCC)OCCCC. The van der Waals surface area contributed by atoms with Gasteiger partial charge in [-0.15, -0.1) is 0 Å². The second kappa shape index (κ2) is 27.1. The van der Waals surface area contributed by atoms with Gasteiger partial charge in [0, 0.05) is 19.6 Å². The lowest BCUT2D eigenvalue weighted by atomic mass is 10.1. The average molecular weight is 467 g/mol. The van der Waals surface area contributed by atoms with Gasteiger partial charge in [-0.25, -0.2) is 0 Å². The van der Waals surface area contributed by atoms with Crippen LogP contribution in [0.4, 0.5) is 0 Å². The third kappa shape index (κ3) is 25.3. The number of hydrogen-bond donors (Lipinski definition) is 0. The van der Waals surface area contributed by atoms with Gasteiger partial charge in [-0.05, 0) is 51.4 Å². The summed E-state index contributed by atoms with van der Waals surface area (Å²) in [6.07, 6.45) is 26.8. The van der Waals surface area contributed by atoms with E-state index in [0.717, 1.165) is 58.0 Å². The third-order valence-electron chi connectivity index (χ3n) is 5.56. The average Bonchev–Trinajstić information content (AvgIpc) is 2.82. The normalized spacial score (nSPS) is 12.7. The molecule has 0 amide bonds. The number of esters is 1. The van der Waals surface area contributed by atoms with Gasteiger partial charge >= 0.3 is 5.97 Å². The van der Waals surface area contributed by atoms with E-state index >= 15 is 0 Å². The smallest absolute Gasteiger partial charge is 0.305 e. The van der Waals surface area contributed by atoms with Gasteiger partial charge < -0.3 is 14.2 Å². The first-order valence-corrected chi connectivity index (χ1v) is 13.9. The van der Waals surface area contributed by atoms with Gasteiger partial charge in [0.15, 0.2) is 0 Å². The van der Waals surface area contributed by atoms with Crippen LogP contribution in [0.2, 0.25) is 0 Å². The fourth-order valence-electron chi connectivity index (χ4n) is 3.34. The second-order valence-corrected chi connectivity index (χ2v) is 8.94. The molecule has 1 atom stereocenters. The van der Waals surface area contributed by atoms with Crippen LogP contribution in [0.25, 0.3) is 0 Å². The van der Waals surface area contributed by atoms with Gasteiger partial charge in [-0.3, -0.25) is 4.79 Å². The van der Waals surface area contributed by atoms with E-state index in [2.05, 4.69) is 45.1 Å². The van der Waals surface area contributed by atoms with E-state index < -0.39 is 0 Å². The fraction of sp³-hybridized carbons (Fsp3) is 0.828. The molecule has 0 fully saturated rings. The number of unbranched alkanes of at least 4 members (excludes halogenated alkanes) is 10. The number of carbonyl (C=O) groups is 1. The first-order valence-electron chi connectivity index (χ1n) is 13.9. The third-order valence-corrected chi connectivity index (χ3v) is 5.56. The van der Waals surface area contributed by atoms with Crippen molar-refractivity contribution in [3.63, 3.8) is 0 Å². The van der Waals surface area contributed by atoms with Crippen molar-refractivity contribution in [2.24, 2.45) is 0 Å². The summed E-state index contributed by atoms with van der Waals surface area (Å²) >= 11 is 0. The summed E-state index contributed by atoms with van der Waals surface area (Å²) in [4.78, 5) is 12.1. The Balaban J connectivity index is 3.66. The van der Waals surface area contributed by atoms with E-state index in [1.54, 1.807) is 0 Å². The zero-order valence-electron chi connectivity index (χ0n) is 22.2. The molecule has 0 saturated heterocycles. The van der Waals surface area contributed by atoms with Crippen molar-refractivity contribution >= 4 is 5.97 Å². The van der Waals surface area contributed by atoms with Crippen molar-refractivity contribution in [1.29, 1.82) is 0 Å². The summed E-state index contributed by atoms with van der Waals surface area (Å²) in [6, 6.07) is 0. The molecule has 0 heterocycles. The summed E-state index contributed by atoms with van der Waals surface area (Å²) in [5, 5.41) is 0. The zero-order valence-corrected chi connectivity index (χ0v) is 22.2. The van der Waals surface area contributed by atoms with Crippen molar-refractivity contribution in [1.82, 2.24) is 0 Å². The monoisotopic (exact) mass is 466 g/mol. The maximum atomic E-state index is 12.1. The highest BCUT2D eigenvalue weighted by molar-refractivity contribution is 5.69. The summed E-state index contributed by atoms with van der Waals surface area (Å²) < 4.78 is 17.0. The maximum Gasteiger partial charge on any atom is 0.305 e. The Bertz CT molecular complexity index is 459. The molecule has 1 unspecified atom stereocenters. The lowest BCUT2D eigenvalue weighted by molar-refractivity contribution is -0.150. The number of rotatable bonds is 25. The number of allylic oxidation sites excluding steroid dienone is 4. The van der Waals surface area contributed by atoms with E-state index in [9.17, 15) is 4.79 Å². The molecule has 0 saturated carbocycles. The summed E-state index contributed by atoms with van der Waals surface area (Å²) in [5.74, 6) is -0.113. The predicted octanol–water partition coefficient (Wildman–Crippen LogP) is 8.35. The Labute approximate surface area is 205 Å². The maximum absolute atomic E-state index is 12.1. The van der Waals surface area contributed by atoms with Crippen LogP contribution in [0.5, 0.6) is 0 Å². The highest BCUT2D eigenvalue weighted by Crippen LogP contribution is 2.09. The van der Waals surface area contributed by atoms with Crippen LogP contribution in [0.3, 0.4) is 0 Å². The van der Waals surface area contributed by atoms with E-state index in [4.69, 9.17) is 14.2 Å². The molecular formula is C29H54O4. The molecule has 0 spiro atoms. The lowest BCUT2D eigenvalue weighted by Crippen LogP contribution is -2.28. The molecule has 0 radical (unpaired) electrons. The largest absolute Gasteiger partial charge is 0.463 e. The van der Waals surface area contributed by atoms with Crippen LogP contribution in [0, 0.1) is 0 Å². The van der Waals surface area contributed by atoms with Crippen molar-refractivity contribution in [2.75, 3.05) is 26.4 Å². The minimum Gasteiger partial charge on any atom is -0.463 e. The van der Waals surface area contributed by atoms with Crippen LogP contribution in [0.15, 0.2) is 24.3 Å². The van der Waals surface area contributed by atoms with E-state index in [1.165, 1.54) is 44.9 Å². The van der Waals surface area contributed by atoms with Crippen molar-refractivity contribution in [3.05, 3.63) is 24.3 Å². The number of carbonyl (C=O) groups excluding carboxylic acids is 1. The molecule has 0 aromatic heterocycles. The molecular weight excluding hydrogens is 412 g/mol. The summed E-state index contributed by atoms with van der Waals surface area (Å²) in [5.41, 5.74) is 0. The van der Waals surface area contributed by atoms with Gasteiger partial charge in [0.05, 0.1) is 6.61 Å². The molecule has 4 heteroatoms. The Hall–Kier alpha value is -1.13. The van der Waals surface area contributed by atoms with Crippen LogP contribution in [-0.2, 0) is 19.0 Å². The molecule has 0 aliphatic rings. The fourth-order valence-corrected chi connectivity index (χ4v) is 3.34. The number of ether oxygens (including phenoxy) is 3. The predicted molar refractivity (Wildman–Crippen MR) is 141 cm³/mol. The summed E-state index contributed by atoms with van der Waals surface area (Å²) in [7, 11) is 0. The molecule has 0 aliphatic carbocycles. The molecule has 0 aromatic rings. The molecule has 0 N–H and O–H groups in total. The molecule has 0 bridgehead atoms. The van der Waals surface area contributed by atoms with Crippen molar-refractivity contribution in [2.45, 2.75) is 130 Å². The molecule has 194 valence electrons. The molecule has 0 aliphatic heterocycles. The molecule has 4 nitrogen and oxygen atoms in total. The Morgan fingerprint density at radius 1 is 0.667 bits per heavy atom. The van der Waals surface area contributed by atoms with E-state index in [0.29, 0.717) is 26.2 Å². The molecule has 0 aromatic carbocycles. The van der Waals surface area contributed by atoms with E-state index in [1.807, 2.05) is 0 Å². The number of hydrogen-bond acceptors (Lipinski definition) is 4.